The Morgan fingerprint density at radius 2 is 1.64 bits per heavy atom. The van der Waals surface area contributed by atoms with Gasteiger partial charge < -0.3 is 4.74 Å². The number of thioether (sulfide) groups is 1. The second-order valence-electron chi connectivity index (χ2n) is 7.41. The third-order valence-electron chi connectivity index (χ3n) is 5.26. The van der Waals surface area contributed by atoms with Crippen molar-refractivity contribution in [1.29, 1.82) is 0 Å². The zero-order valence-corrected chi connectivity index (χ0v) is 17.3. The minimum absolute atomic E-state index is 0.0171. The maximum Gasteiger partial charge on any atom is 0.327 e. The van der Waals surface area contributed by atoms with Gasteiger partial charge in [-0.1, -0.05) is 86.8 Å². The highest BCUT2D eigenvalue weighted by atomic mass is 32.2. The lowest BCUT2D eigenvalue weighted by Crippen LogP contribution is -2.47. The first-order valence-corrected chi connectivity index (χ1v) is 11.2. The van der Waals surface area contributed by atoms with Crippen molar-refractivity contribution >= 4 is 23.5 Å². The highest BCUT2D eigenvalue weighted by molar-refractivity contribution is 8.00. The Hall–Kier alpha value is -2.07. The van der Waals surface area contributed by atoms with Crippen molar-refractivity contribution in [3.05, 3.63) is 71.8 Å². The van der Waals surface area contributed by atoms with E-state index in [0.717, 1.165) is 36.8 Å². The van der Waals surface area contributed by atoms with Crippen LogP contribution >= 0.6 is 11.8 Å². The van der Waals surface area contributed by atoms with Crippen molar-refractivity contribution in [1.82, 2.24) is 0 Å². The van der Waals surface area contributed by atoms with E-state index in [1.165, 1.54) is 11.8 Å². The molecule has 1 aliphatic heterocycles. The quantitative estimate of drug-likeness (QED) is 0.311. The van der Waals surface area contributed by atoms with Crippen LogP contribution in [0.25, 0.3) is 0 Å². The van der Waals surface area contributed by atoms with Crippen LogP contribution in [0.15, 0.2) is 60.7 Å². The number of carbonyl (C=O) groups excluding carboxylic acids is 2. The van der Waals surface area contributed by atoms with Crippen LogP contribution in [0.2, 0.25) is 0 Å². The molecule has 3 nitrogen and oxygen atoms in total. The van der Waals surface area contributed by atoms with Gasteiger partial charge in [0, 0.05) is 5.75 Å². The van der Waals surface area contributed by atoms with Gasteiger partial charge in [0.05, 0.1) is 6.42 Å². The number of carbonyl (C=O) groups is 2. The second-order valence-corrected chi connectivity index (χ2v) is 8.51. The number of benzene rings is 2. The Kier molecular flexibility index (Phi) is 7.32. The molecule has 1 heterocycles. The van der Waals surface area contributed by atoms with Gasteiger partial charge in [-0.2, -0.15) is 0 Å². The first kappa shape index (κ1) is 20.7. The average molecular weight is 397 g/mol. The summed E-state index contributed by atoms with van der Waals surface area (Å²) >= 11 is 1.37. The van der Waals surface area contributed by atoms with Crippen LogP contribution in [0.1, 0.15) is 56.6 Å². The summed E-state index contributed by atoms with van der Waals surface area (Å²) in [6.07, 6.45) is 5.30. The number of unbranched alkanes of at least 4 members (excludes halogenated alkanes) is 3. The molecule has 2 aromatic rings. The summed E-state index contributed by atoms with van der Waals surface area (Å²) in [6.45, 7) is 2.17. The van der Waals surface area contributed by atoms with Gasteiger partial charge in [0.1, 0.15) is 5.60 Å². The molecular formula is C24H28O3S. The molecule has 0 spiro atoms. The standard InChI is InChI=1S/C24H28O3S/c1-2-3-4-11-16-24(20-14-9-6-10-15-20)17-21(25)22(23(26)27-24)28-18-19-12-7-5-8-13-19/h5-10,12-15,22H,2-4,11,16-18H2,1H3. The van der Waals surface area contributed by atoms with Crippen LogP contribution in [-0.2, 0) is 25.7 Å². The Morgan fingerprint density at radius 1 is 0.964 bits per heavy atom. The molecule has 0 saturated carbocycles. The fourth-order valence-electron chi connectivity index (χ4n) is 3.73. The van der Waals surface area contributed by atoms with E-state index in [0.29, 0.717) is 12.2 Å². The summed E-state index contributed by atoms with van der Waals surface area (Å²) in [6, 6.07) is 19.7. The fraction of sp³-hybridized carbons (Fsp3) is 0.417. The number of ether oxygens (including phenoxy) is 1. The Balaban J connectivity index is 1.73. The van der Waals surface area contributed by atoms with Gasteiger partial charge in [-0.25, -0.2) is 0 Å². The number of ketones is 1. The van der Waals surface area contributed by atoms with Crippen LogP contribution < -0.4 is 0 Å². The molecule has 2 atom stereocenters. The number of Topliss-reactive ketones (excluding diaryl/α,β-unsaturated/α-hetero) is 1. The lowest BCUT2D eigenvalue weighted by molar-refractivity contribution is -0.172. The lowest BCUT2D eigenvalue weighted by Gasteiger charge is -2.39. The van der Waals surface area contributed by atoms with Crippen molar-refractivity contribution in [3.63, 3.8) is 0 Å². The van der Waals surface area contributed by atoms with E-state index in [1.807, 2.05) is 60.7 Å². The molecule has 0 amide bonds. The average Bonchev–Trinajstić information content (AvgIpc) is 2.72. The van der Waals surface area contributed by atoms with Crippen molar-refractivity contribution in [2.24, 2.45) is 0 Å². The summed E-state index contributed by atoms with van der Waals surface area (Å²) in [4.78, 5) is 25.8. The number of hydrogen-bond donors (Lipinski definition) is 0. The molecule has 0 radical (unpaired) electrons. The minimum atomic E-state index is -0.813. The molecule has 1 aliphatic rings. The molecule has 1 fully saturated rings. The molecule has 4 heteroatoms. The van der Waals surface area contributed by atoms with E-state index in [1.54, 1.807) is 0 Å². The predicted molar refractivity (Wildman–Crippen MR) is 114 cm³/mol. The van der Waals surface area contributed by atoms with Crippen molar-refractivity contribution in [3.8, 4) is 0 Å². The number of esters is 1. The van der Waals surface area contributed by atoms with Gasteiger partial charge in [0.25, 0.3) is 0 Å². The molecule has 0 bridgehead atoms. The summed E-state index contributed by atoms with van der Waals surface area (Å²) in [5.41, 5.74) is 1.22. The molecule has 2 unspecified atom stereocenters. The number of rotatable bonds is 9. The highest BCUT2D eigenvalue weighted by Crippen LogP contribution is 2.41. The van der Waals surface area contributed by atoms with E-state index in [9.17, 15) is 9.59 Å². The van der Waals surface area contributed by atoms with Crippen LogP contribution in [0.5, 0.6) is 0 Å². The molecule has 0 aliphatic carbocycles. The molecule has 0 aromatic heterocycles. The summed E-state index contributed by atoms with van der Waals surface area (Å²) in [5, 5.41) is -0.729. The van der Waals surface area contributed by atoms with Gasteiger partial charge in [-0.05, 0) is 24.0 Å². The molecule has 148 valence electrons. The maximum atomic E-state index is 13.0. The molecule has 3 rings (SSSR count). The second kappa shape index (κ2) is 9.92. The largest absolute Gasteiger partial charge is 0.453 e. The van der Waals surface area contributed by atoms with Gasteiger partial charge in [0.2, 0.25) is 0 Å². The monoisotopic (exact) mass is 396 g/mol. The van der Waals surface area contributed by atoms with Crippen molar-refractivity contribution in [2.75, 3.05) is 0 Å². The maximum absolute atomic E-state index is 13.0. The van der Waals surface area contributed by atoms with Crippen LogP contribution in [0, 0.1) is 0 Å². The summed E-state index contributed by atoms with van der Waals surface area (Å²) < 4.78 is 6.03. The molecule has 0 N–H and O–H groups in total. The summed E-state index contributed by atoms with van der Waals surface area (Å²) in [7, 11) is 0. The van der Waals surface area contributed by atoms with Gasteiger partial charge >= 0.3 is 5.97 Å². The minimum Gasteiger partial charge on any atom is -0.453 e. The first-order chi connectivity index (χ1) is 13.6. The van der Waals surface area contributed by atoms with Crippen molar-refractivity contribution < 1.29 is 14.3 Å². The van der Waals surface area contributed by atoms with E-state index in [4.69, 9.17) is 4.74 Å². The van der Waals surface area contributed by atoms with Gasteiger partial charge in [-0.15, -0.1) is 11.8 Å². The van der Waals surface area contributed by atoms with Crippen LogP contribution in [0.4, 0.5) is 0 Å². The molecule has 28 heavy (non-hydrogen) atoms. The Bertz CT molecular complexity index is 755. The van der Waals surface area contributed by atoms with Gasteiger partial charge in [-0.3, -0.25) is 9.59 Å². The number of hydrogen-bond acceptors (Lipinski definition) is 4. The van der Waals surface area contributed by atoms with E-state index in [2.05, 4.69) is 6.92 Å². The topological polar surface area (TPSA) is 43.4 Å². The lowest BCUT2D eigenvalue weighted by atomic mass is 9.81. The predicted octanol–water partition coefficient (Wildman–Crippen LogP) is 5.67. The zero-order chi connectivity index (χ0) is 19.8. The Morgan fingerprint density at radius 3 is 2.29 bits per heavy atom. The van der Waals surface area contributed by atoms with Crippen molar-refractivity contribution in [2.45, 2.75) is 62.1 Å². The summed E-state index contributed by atoms with van der Waals surface area (Å²) in [5.74, 6) is 0.217. The third-order valence-corrected chi connectivity index (χ3v) is 6.54. The van der Waals surface area contributed by atoms with Crippen LogP contribution in [0.3, 0.4) is 0 Å². The molecular weight excluding hydrogens is 368 g/mol. The third kappa shape index (κ3) is 5.05. The zero-order valence-electron chi connectivity index (χ0n) is 16.4. The van der Waals surface area contributed by atoms with Crippen LogP contribution in [-0.4, -0.2) is 17.0 Å². The fourth-order valence-corrected chi connectivity index (χ4v) is 4.73. The van der Waals surface area contributed by atoms with E-state index >= 15 is 0 Å². The normalized spacial score (nSPS) is 22.1. The Labute approximate surface area is 171 Å². The number of cyclic esters (lactones) is 1. The smallest absolute Gasteiger partial charge is 0.327 e. The van der Waals surface area contributed by atoms with E-state index in [-0.39, 0.29) is 12.2 Å². The first-order valence-electron chi connectivity index (χ1n) is 10.1. The highest BCUT2D eigenvalue weighted by Gasteiger charge is 2.47. The molecule has 1 saturated heterocycles. The van der Waals surface area contributed by atoms with Gasteiger partial charge in [0.15, 0.2) is 11.0 Å². The SMILES string of the molecule is CCCCCCC1(c2ccccc2)CC(=O)C(SCc2ccccc2)C(=O)O1. The van der Waals surface area contributed by atoms with E-state index < -0.39 is 16.8 Å². The molecule has 2 aromatic carbocycles.